The maximum Gasteiger partial charge on any atom is 0.586 e. The average Bonchev–Trinajstić information content (AvgIpc) is 2.66. The van der Waals surface area contributed by atoms with Crippen LogP contribution in [0, 0.1) is 6.92 Å². The SMILES string of the molecule is Cc1ccc(N)c(-c2cccc3c2OC(F)(F)O3)c1. The minimum Gasteiger partial charge on any atom is -0.398 e. The number of halogens is 2. The number of hydrogen-bond acceptors (Lipinski definition) is 3. The normalized spacial score (nSPS) is 15.5. The summed E-state index contributed by atoms with van der Waals surface area (Å²) in [5.41, 5.74) is 8.52. The fourth-order valence-corrected chi connectivity index (χ4v) is 2.08. The first-order valence-corrected chi connectivity index (χ1v) is 5.72. The summed E-state index contributed by atoms with van der Waals surface area (Å²) in [7, 11) is 0. The average molecular weight is 263 g/mol. The highest BCUT2D eigenvalue weighted by Crippen LogP contribution is 2.48. The molecule has 0 unspecified atom stereocenters. The third-order valence-corrected chi connectivity index (χ3v) is 2.93. The molecule has 19 heavy (non-hydrogen) atoms. The van der Waals surface area contributed by atoms with E-state index in [0.717, 1.165) is 5.56 Å². The molecule has 0 aliphatic carbocycles. The molecule has 5 heteroatoms. The van der Waals surface area contributed by atoms with Crippen LogP contribution in [0.4, 0.5) is 14.5 Å². The number of nitrogen functional groups attached to an aromatic ring is 1. The van der Waals surface area contributed by atoms with Crippen LogP contribution in [-0.2, 0) is 0 Å². The van der Waals surface area contributed by atoms with E-state index >= 15 is 0 Å². The van der Waals surface area contributed by atoms with Gasteiger partial charge in [-0.3, -0.25) is 0 Å². The van der Waals surface area contributed by atoms with Crippen LogP contribution in [-0.4, -0.2) is 6.29 Å². The molecule has 0 saturated carbocycles. The first-order valence-electron chi connectivity index (χ1n) is 5.72. The molecule has 3 rings (SSSR count). The standard InChI is InChI=1S/C14H11F2NO2/c1-8-5-6-11(17)10(7-8)9-3-2-4-12-13(9)19-14(15,16)18-12/h2-7H,17H2,1H3. The molecule has 0 aromatic heterocycles. The largest absolute Gasteiger partial charge is 0.586 e. The molecule has 2 aromatic rings. The quantitative estimate of drug-likeness (QED) is 0.800. The number of ether oxygens (including phenoxy) is 2. The Morgan fingerprint density at radius 3 is 2.63 bits per heavy atom. The lowest BCUT2D eigenvalue weighted by Crippen LogP contribution is -2.26. The zero-order valence-corrected chi connectivity index (χ0v) is 10.1. The Bertz CT molecular complexity index is 656. The number of benzene rings is 2. The van der Waals surface area contributed by atoms with Gasteiger partial charge in [0.2, 0.25) is 0 Å². The van der Waals surface area contributed by atoms with E-state index in [1.165, 1.54) is 6.07 Å². The van der Waals surface area contributed by atoms with Crippen molar-refractivity contribution < 1.29 is 18.3 Å². The summed E-state index contributed by atoms with van der Waals surface area (Å²) in [5, 5.41) is 0. The van der Waals surface area contributed by atoms with Gasteiger partial charge in [-0.2, -0.15) is 0 Å². The molecule has 1 heterocycles. The molecule has 2 N–H and O–H groups in total. The molecule has 1 aliphatic rings. The second-order valence-electron chi connectivity index (χ2n) is 4.39. The zero-order chi connectivity index (χ0) is 13.6. The molecule has 98 valence electrons. The smallest absolute Gasteiger partial charge is 0.398 e. The van der Waals surface area contributed by atoms with E-state index in [9.17, 15) is 8.78 Å². The van der Waals surface area contributed by atoms with Gasteiger partial charge in [0.05, 0.1) is 0 Å². The Morgan fingerprint density at radius 1 is 1.05 bits per heavy atom. The molecular formula is C14H11F2NO2. The minimum atomic E-state index is -3.63. The fraction of sp³-hybridized carbons (Fsp3) is 0.143. The molecular weight excluding hydrogens is 252 g/mol. The Balaban J connectivity index is 2.18. The number of fused-ring (bicyclic) bond motifs is 1. The van der Waals surface area contributed by atoms with Crippen LogP contribution in [0.25, 0.3) is 11.1 Å². The summed E-state index contributed by atoms with van der Waals surface area (Å²) >= 11 is 0. The number of aryl methyl sites for hydroxylation is 1. The lowest BCUT2D eigenvalue weighted by Gasteiger charge is -2.10. The molecule has 3 nitrogen and oxygen atoms in total. The fourth-order valence-electron chi connectivity index (χ4n) is 2.08. The van der Waals surface area contributed by atoms with Crippen molar-refractivity contribution in [3.05, 3.63) is 42.0 Å². The molecule has 0 bridgehead atoms. The third-order valence-electron chi connectivity index (χ3n) is 2.93. The number of rotatable bonds is 1. The van der Waals surface area contributed by atoms with Gasteiger partial charge in [0, 0.05) is 16.8 Å². The lowest BCUT2D eigenvalue weighted by molar-refractivity contribution is -0.286. The van der Waals surface area contributed by atoms with Crippen LogP contribution < -0.4 is 15.2 Å². The van der Waals surface area contributed by atoms with E-state index in [2.05, 4.69) is 9.47 Å². The van der Waals surface area contributed by atoms with Crippen LogP contribution in [0.3, 0.4) is 0 Å². The van der Waals surface area contributed by atoms with E-state index in [4.69, 9.17) is 5.73 Å². The summed E-state index contributed by atoms with van der Waals surface area (Å²) in [6.07, 6.45) is -3.63. The molecule has 0 fully saturated rings. The first kappa shape index (κ1) is 11.8. The van der Waals surface area contributed by atoms with Crippen molar-refractivity contribution in [2.24, 2.45) is 0 Å². The van der Waals surface area contributed by atoms with Crippen molar-refractivity contribution in [1.82, 2.24) is 0 Å². The Kier molecular flexibility index (Phi) is 2.38. The summed E-state index contributed by atoms with van der Waals surface area (Å²) in [4.78, 5) is 0. The number of alkyl halides is 2. The second-order valence-corrected chi connectivity index (χ2v) is 4.39. The first-order chi connectivity index (χ1) is 8.96. The molecule has 0 radical (unpaired) electrons. The van der Waals surface area contributed by atoms with E-state index < -0.39 is 6.29 Å². The minimum absolute atomic E-state index is 0.0170. The van der Waals surface area contributed by atoms with Crippen LogP contribution in [0.5, 0.6) is 11.5 Å². The number of nitrogens with two attached hydrogens (primary N) is 1. The van der Waals surface area contributed by atoms with Crippen LogP contribution >= 0.6 is 0 Å². The van der Waals surface area contributed by atoms with Crippen molar-refractivity contribution in [3.8, 4) is 22.6 Å². The number of anilines is 1. The molecule has 0 amide bonds. The van der Waals surface area contributed by atoms with Crippen molar-refractivity contribution >= 4 is 5.69 Å². The summed E-state index contributed by atoms with van der Waals surface area (Å²) in [6, 6.07) is 10.2. The second kappa shape index (κ2) is 3.85. The van der Waals surface area contributed by atoms with Crippen LogP contribution in [0.1, 0.15) is 5.56 Å². The van der Waals surface area contributed by atoms with Gasteiger partial charge >= 0.3 is 6.29 Å². The Labute approximate surface area is 108 Å². The maximum atomic E-state index is 13.1. The number of hydrogen-bond donors (Lipinski definition) is 1. The molecule has 1 aliphatic heterocycles. The van der Waals surface area contributed by atoms with Gasteiger partial charge < -0.3 is 15.2 Å². The van der Waals surface area contributed by atoms with Gasteiger partial charge in [0.1, 0.15) is 0 Å². The predicted molar refractivity (Wildman–Crippen MR) is 67.2 cm³/mol. The summed E-state index contributed by atoms with van der Waals surface area (Å²) in [6.45, 7) is 1.90. The van der Waals surface area contributed by atoms with E-state index in [-0.39, 0.29) is 11.5 Å². The van der Waals surface area contributed by atoms with E-state index in [0.29, 0.717) is 16.8 Å². The molecule has 0 saturated heterocycles. The highest BCUT2D eigenvalue weighted by atomic mass is 19.3. The van der Waals surface area contributed by atoms with Crippen molar-refractivity contribution in [1.29, 1.82) is 0 Å². The topological polar surface area (TPSA) is 44.5 Å². The number of para-hydroxylation sites is 1. The molecule has 2 aromatic carbocycles. The van der Waals surface area contributed by atoms with Gasteiger partial charge in [-0.15, -0.1) is 8.78 Å². The zero-order valence-electron chi connectivity index (χ0n) is 10.1. The van der Waals surface area contributed by atoms with E-state index in [1.807, 2.05) is 19.1 Å². The molecule has 0 atom stereocenters. The highest BCUT2D eigenvalue weighted by Gasteiger charge is 2.44. The van der Waals surface area contributed by atoms with Gasteiger partial charge in [-0.1, -0.05) is 23.8 Å². The lowest BCUT2D eigenvalue weighted by atomic mass is 10.0. The molecule has 0 spiro atoms. The highest BCUT2D eigenvalue weighted by molar-refractivity contribution is 5.83. The van der Waals surface area contributed by atoms with Crippen molar-refractivity contribution in [3.63, 3.8) is 0 Å². The predicted octanol–water partition coefficient (Wildman–Crippen LogP) is 3.57. The van der Waals surface area contributed by atoms with Gasteiger partial charge in [-0.25, -0.2) is 0 Å². The Hall–Kier alpha value is -2.30. The summed E-state index contributed by atoms with van der Waals surface area (Å²) < 4.78 is 35.3. The van der Waals surface area contributed by atoms with Gasteiger partial charge in [-0.05, 0) is 25.1 Å². The Morgan fingerprint density at radius 2 is 1.84 bits per heavy atom. The maximum absolute atomic E-state index is 13.1. The van der Waals surface area contributed by atoms with Crippen LogP contribution in [0.15, 0.2) is 36.4 Å². The van der Waals surface area contributed by atoms with Gasteiger partial charge in [0.25, 0.3) is 0 Å². The van der Waals surface area contributed by atoms with Gasteiger partial charge in [0.15, 0.2) is 11.5 Å². The van der Waals surface area contributed by atoms with Crippen LogP contribution in [0.2, 0.25) is 0 Å². The monoisotopic (exact) mass is 263 g/mol. The van der Waals surface area contributed by atoms with Crippen molar-refractivity contribution in [2.45, 2.75) is 13.2 Å². The van der Waals surface area contributed by atoms with E-state index in [1.54, 1.807) is 18.2 Å². The van der Waals surface area contributed by atoms with Crippen molar-refractivity contribution in [2.75, 3.05) is 5.73 Å². The summed E-state index contributed by atoms with van der Waals surface area (Å²) in [5.74, 6) is 0.0354. The third kappa shape index (κ3) is 1.97.